The third-order valence-corrected chi connectivity index (χ3v) is 3.46. The molecule has 126 valence electrons. The number of ketones is 1. The zero-order chi connectivity index (χ0) is 17.6. The van der Waals surface area contributed by atoms with Gasteiger partial charge in [-0.25, -0.2) is 9.78 Å². The van der Waals surface area contributed by atoms with Gasteiger partial charge in [0.05, 0.1) is 11.6 Å². The number of alkyl carbamates (subject to hydrolysis) is 1. The van der Waals surface area contributed by atoms with Gasteiger partial charge in [0, 0.05) is 17.1 Å². The highest BCUT2D eigenvalue weighted by atomic mass is 79.9. The minimum absolute atomic E-state index is 0.0354. The van der Waals surface area contributed by atoms with Gasteiger partial charge in [0.1, 0.15) is 5.60 Å². The van der Waals surface area contributed by atoms with E-state index in [2.05, 4.69) is 32.8 Å². The predicted molar refractivity (Wildman–Crippen MR) is 88.8 cm³/mol. The summed E-state index contributed by atoms with van der Waals surface area (Å²) in [6, 6.07) is 1.05. The molecule has 1 unspecified atom stereocenters. The lowest BCUT2D eigenvalue weighted by Gasteiger charge is -2.22. The van der Waals surface area contributed by atoms with Crippen LogP contribution in [0.2, 0.25) is 0 Å². The third-order valence-electron chi connectivity index (χ3n) is 2.80. The fraction of sp³-hybridized carbons (Fsp3) is 0.438. The SMILES string of the molecule is C=CC(CCC(=O)c1c(Br)ccnc1F)NC(=O)OC(C)(C)C. The Kier molecular flexibility index (Phi) is 6.87. The van der Waals surface area contributed by atoms with Crippen molar-refractivity contribution in [2.75, 3.05) is 0 Å². The second-order valence-corrected chi connectivity index (χ2v) is 6.76. The molecule has 0 aliphatic rings. The number of nitrogens with one attached hydrogen (secondary N) is 1. The second-order valence-electron chi connectivity index (χ2n) is 5.91. The number of carbonyl (C=O) groups excluding carboxylic acids is 2. The van der Waals surface area contributed by atoms with E-state index < -0.39 is 29.5 Å². The summed E-state index contributed by atoms with van der Waals surface area (Å²) < 4.78 is 19.1. The predicted octanol–water partition coefficient (Wildman–Crippen LogP) is 4.03. The molecule has 0 aliphatic carbocycles. The minimum Gasteiger partial charge on any atom is -0.444 e. The first-order valence-corrected chi connectivity index (χ1v) is 7.88. The Morgan fingerprint density at radius 1 is 1.52 bits per heavy atom. The van der Waals surface area contributed by atoms with Crippen LogP contribution in [-0.4, -0.2) is 28.5 Å². The maximum absolute atomic E-state index is 13.6. The van der Waals surface area contributed by atoms with Crippen LogP contribution in [0.3, 0.4) is 0 Å². The van der Waals surface area contributed by atoms with E-state index in [1.165, 1.54) is 18.3 Å². The molecule has 0 saturated heterocycles. The van der Waals surface area contributed by atoms with E-state index in [1.54, 1.807) is 20.8 Å². The highest BCUT2D eigenvalue weighted by molar-refractivity contribution is 9.10. The molecule has 0 saturated carbocycles. The topological polar surface area (TPSA) is 68.3 Å². The fourth-order valence-corrected chi connectivity index (χ4v) is 2.29. The number of carbonyl (C=O) groups is 2. The van der Waals surface area contributed by atoms with Crippen LogP contribution in [0.25, 0.3) is 0 Å². The summed E-state index contributed by atoms with van der Waals surface area (Å²) in [6.07, 6.45) is 2.50. The summed E-state index contributed by atoms with van der Waals surface area (Å²) in [7, 11) is 0. The van der Waals surface area contributed by atoms with Gasteiger partial charge in [-0.1, -0.05) is 6.08 Å². The number of Topliss-reactive ketones (excluding diaryl/α,β-unsaturated/α-hetero) is 1. The molecule has 1 amide bonds. The van der Waals surface area contributed by atoms with Crippen molar-refractivity contribution in [3.05, 3.63) is 40.9 Å². The van der Waals surface area contributed by atoms with Crippen molar-refractivity contribution < 1.29 is 18.7 Å². The molecule has 0 fully saturated rings. The number of hydrogen-bond donors (Lipinski definition) is 1. The first kappa shape index (κ1) is 19.3. The first-order chi connectivity index (χ1) is 10.6. The molecular weight excluding hydrogens is 367 g/mol. The van der Waals surface area contributed by atoms with Gasteiger partial charge in [0.15, 0.2) is 5.78 Å². The van der Waals surface area contributed by atoms with Crippen molar-refractivity contribution in [2.45, 2.75) is 45.3 Å². The van der Waals surface area contributed by atoms with Gasteiger partial charge in [0.2, 0.25) is 5.95 Å². The van der Waals surface area contributed by atoms with Gasteiger partial charge in [0.25, 0.3) is 0 Å². The molecule has 0 bridgehead atoms. The molecule has 1 aromatic rings. The van der Waals surface area contributed by atoms with Crippen LogP contribution in [0.4, 0.5) is 9.18 Å². The average molecular weight is 387 g/mol. The lowest BCUT2D eigenvalue weighted by atomic mass is 10.0. The lowest BCUT2D eigenvalue weighted by Crippen LogP contribution is -2.38. The Morgan fingerprint density at radius 2 is 2.17 bits per heavy atom. The number of nitrogens with zero attached hydrogens (tertiary/aromatic N) is 1. The Bertz CT molecular complexity index is 579. The number of hydrogen-bond acceptors (Lipinski definition) is 4. The molecule has 1 aromatic heterocycles. The highest BCUT2D eigenvalue weighted by Gasteiger charge is 2.21. The smallest absolute Gasteiger partial charge is 0.408 e. The molecule has 0 aromatic carbocycles. The van der Waals surface area contributed by atoms with Gasteiger partial charge >= 0.3 is 6.09 Å². The number of halogens is 2. The molecule has 1 N–H and O–H groups in total. The molecule has 1 atom stereocenters. The van der Waals surface area contributed by atoms with Crippen molar-refractivity contribution in [3.8, 4) is 0 Å². The summed E-state index contributed by atoms with van der Waals surface area (Å²) in [6.45, 7) is 8.87. The quantitative estimate of drug-likeness (QED) is 0.455. The summed E-state index contributed by atoms with van der Waals surface area (Å²) in [5.41, 5.74) is -0.706. The van der Waals surface area contributed by atoms with Gasteiger partial charge in [-0.05, 0) is 49.2 Å². The summed E-state index contributed by atoms with van der Waals surface area (Å²) in [5.74, 6) is -1.22. The van der Waals surface area contributed by atoms with Crippen LogP contribution >= 0.6 is 15.9 Å². The van der Waals surface area contributed by atoms with E-state index in [-0.39, 0.29) is 18.4 Å². The number of ether oxygens (including phenoxy) is 1. The van der Waals surface area contributed by atoms with Crippen LogP contribution in [-0.2, 0) is 4.74 Å². The lowest BCUT2D eigenvalue weighted by molar-refractivity contribution is 0.0510. The normalized spacial score (nSPS) is 12.4. The molecule has 0 spiro atoms. The molecular formula is C16H20BrFN2O3. The number of pyridine rings is 1. The molecule has 0 radical (unpaired) electrons. The van der Waals surface area contributed by atoms with Gasteiger partial charge in [-0.2, -0.15) is 4.39 Å². The molecule has 1 rings (SSSR count). The van der Waals surface area contributed by atoms with E-state index in [9.17, 15) is 14.0 Å². The zero-order valence-corrected chi connectivity index (χ0v) is 14.9. The number of aromatic nitrogens is 1. The van der Waals surface area contributed by atoms with Crippen molar-refractivity contribution in [2.24, 2.45) is 0 Å². The molecule has 23 heavy (non-hydrogen) atoms. The average Bonchev–Trinajstić information content (AvgIpc) is 2.41. The largest absolute Gasteiger partial charge is 0.444 e. The molecule has 1 heterocycles. The van der Waals surface area contributed by atoms with Gasteiger partial charge < -0.3 is 10.1 Å². The Hall–Kier alpha value is -1.76. The van der Waals surface area contributed by atoms with Crippen LogP contribution in [0.5, 0.6) is 0 Å². The van der Waals surface area contributed by atoms with E-state index in [1.807, 2.05) is 0 Å². The van der Waals surface area contributed by atoms with E-state index in [4.69, 9.17) is 4.74 Å². The monoisotopic (exact) mass is 386 g/mol. The van der Waals surface area contributed by atoms with E-state index in [0.717, 1.165) is 0 Å². The first-order valence-electron chi connectivity index (χ1n) is 7.09. The second kappa shape index (κ2) is 8.19. The van der Waals surface area contributed by atoms with Crippen molar-refractivity contribution >= 4 is 27.8 Å². The van der Waals surface area contributed by atoms with Crippen molar-refractivity contribution in [1.29, 1.82) is 0 Å². The zero-order valence-electron chi connectivity index (χ0n) is 13.4. The third kappa shape index (κ3) is 6.48. The van der Waals surface area contributed by atoms with Crippen LogP contribution in [0.15, 0.2) is 29.4 Å². The molecule has 7 heteroatoms. The Balaban J connectivity index is 2.62. The van der Waals surface area contributed by atoms with Crippen LogP contribution < -0.4 is 5.32 Å². The maximum atomic E-state index is 13.6. The molecule has 0 aliphatic heterocycles. The number of amides is 1. The van der Waals surface area contributed by atoms with Gasteiger partial charge in [-0.3, -0.25) is 4.79 Å². The van der Waals surface area contributed by atoms with Crippen LogP contribution in [0, 0.1) is 5.95 Å². The van der Waals surface area contributed by atoms with Gasteiger partial charge in [-0.15, -0.1) is 6.58 Å². The standard InChI is InChI=1S/C16H20BrFN2O3/c1-5-10(20-15(22)23-16(2,3)4)6-7-12(21)13-11(17)8-9-19-14(13)18/h5,8-10H,1,6-7H2,2-4H3,(H,20,22). The Labute approximate surface area is 143 Å². The minimum atomic E-state index is -0.820. The van der Waals surface area contributed by atoms with Crippen LogP contribution in [0.1, 0.15) is 44.0 Å². The highest BCUT2D eigenvalue weighted by Crippen LogP contribution is 2.20. The summed E-state index contributed by atoms with van der Waals surface area (Å²) in [4.78, 5) is 27.3. The fourth-order valence-electron chi connectivity index (χ4n) is 1.78. The number of rotatable bonds is 6. The summed E-state index contributed by atoms with van der Waals surface area (Å²) >= 11 is 3.13. The maximum Gasteiger partial charge on any atom is 0.408 e. The summed E-state index contributed by atoms with van der Waals surface area (Å²) in [5, 5.41) is 2.61. The van der Waals surface area contributed by atoms with E-state index >= 15 is 0 Å². The van der Waals surface area contributed by atoms with E-state index in [0.29, 0.717) is 4.47 Å². The Morgan fingerprint density at radius 3 is 2.70 bits per heavy atom. The van der Waals surface area contributed by atoms with Crippen molar-refractivity contribution in [3.63, 3.8) is 0 Å². The van der Waals surface area contributed by atoms with Crippen molar-refractivity contribution in [1.82, 2.24) is 10.3 Å². The molecule has 5 nitrogen and oxygen atoms in total.